The van der Waals surface area contributed by atoms with Gasteiger partial charge in [-0.3, -0.25) is 4.79 Å². The zero-order valence-electron chi connectivity index (χ0n) is 17.6. The molecule has 3 rings (SSSR count). The highest BCUT2D eigenvalue weighted by atomic mass is 32.2. The fourth-order valence-electron chi connectivity index (χ4n) is 3.64. The maximum Gasteiger partial charge on any atom is 0.223 e. The van der Waals surface area contributed by atoms with Crippen molar-refractivity contribution in [2.24, 2.45) is 0 Å². The number of amides is 1. The average Bonchev–Trinajstić information content (AvgIpc) is 2.72. The van der Waals surface area contributed by atoms with Crippen molar-refractivity contribution in [3.05, 3.63) is 48.3 Å². The summed E-state index contributed by atoms with van der Waals surface area (Å²) in [6.45, 7) is 7.21. The van der Waals surface area contributed by atoms with Gasteiger partial charge in [-0.25, -0.2) is 12.8 Å². The molecule has 1 aliphatic rings. The molecule has 162 valence electrons. The molecular weight excluding hydrogens is 405 g/mol. The van der Waals surface area contributed by atoms with Gasteiger partial charge in [-0.1, -0.05) is 13.0 Å². The maximum atomic E-state index is 13.7. The van der Waals surface area contributed by atoms with Gasteiger partial charge in [-0.2, -0.15) is 0 Å². The second-order valence-electron chi connectivity index (χ2n) is 7.57. The van der Waals surface area contributed by atoms with E-state index in [0.717, 1.165) is 37.9 Å². The van der Waals surface area contributed by atoms with Crippen molar-refractivity contribution in [2.75, 3.05) is 49.6 Å². The molecule has 0 spiro atoms. The molecule has 1 saturated heterocycles. The molecule has 8 heteroatoms. The molecule has 0 saturated carbocycles. The fraction of sp³-hybridized carbons (Fsp3) is 0.409. The number of carbonyl (C=O) groups excluding carboxylic acids is 1. The van der Waals surface area contributed by atoms with Gasteiger partial charge in [0.1, 0.15) is 5.82 Å². The molecule has 1 amide bonds. The maximum absolute atomic E-state index is 13.7. The number of benzene rings is 2. The van der Waals surface area contributed by atoms with Crippen molar-refractivity contribution in [1.82, 2.24) is 4.90 Å². The number of rotatable bonds is 6. The summed E-state index contributed by atoms with van der Waals surface area (Å²) < 4.78 is 40.4. The lowest BCUT2D eigenvalue weighted by atomic mass is 10.2. The Morgan fingerprint density at radius 1 is 1.10 bits per heavy atom. The molecule has 6 nitrogen and oxygen atoms in total. The summed E-state index contributed by atoms with van der Waals surface area (Å²) in [5.41, 5.74) is 1.21. The Labute approximate surface area is 177 Å². The van der Waals surface area contributed by atoms with Gasteiger partial charge in [0, 0.05) is 45.3 Å². The first-order chi connectivity index (χ1) is 14.2. The summed E-state index contributed by atoms with van der Waals surface area (Å²) >= 11 is 0. The minimum Gasteiger partial charge on any atom is -0.369 e. The molecule has 2 aromatic carbocycles. The third-order valence-corrected chi connectivity index (χ3v) is 7.12. The standard InChI is InChI=1S/C22H28FN3O3S/c1-4-10-26(17(2)27)21-16-19(25-13-11-24(3)12-14-25)8-9-22(21)30(28,29)20-7-5-6-18(23)15-20/h5-9,15-16H,4,10-14H2,1-3H3. The highest BCUT2D eigenvalue weighted by Gasteiger charge is 2.27. The van der Waals surface area contributed by atoms with Crippen molar-refractivity contribution in [1.29, 1.82) is 0 Å². The number of hydrogen-bond acceptors (Lipinski definition) is 5. The lowest BCUT2D eigenvalue weighted by Crippen LogP contribution is -2.44. The van der Waals surface area contributed by atoms with Crippen LogP contribution in [0.5, 0.6) is 0 Å². The van der Waals surface area contributed by atoms with Gasteiger partial charge in [0.05, 0.1) is 15.5 Å². The van der Waals surface area contributed by atoms with E-state index in [1.807, 2.05) is 6.92 Å². The molecule has 0 bridgehead atoms. The van der Waals surface area contributed by atoms with Crippen LogP contribution in [0.3, 0.4) is 0 Å². The molecular formula is C22H28FN3O3S. The highest BCUT2D eigenvalue weighted by molar-refractivity contribution is 7.91. The predicted molar refractivity (Wildman–Crippen MR) is 116 cm³/mol. The number of likely N-dealkylation sites (N-methyl/N-ethyl adjacent to an activating group) is 1. The number of anilines is 2. The van der Waals surface area contributed by atoms with Crippen LogP contribution in [0.2, 0.25) is 0 Å². The average molecular weight is 434 g/mol. The summed E-state index contributed by atoms with van der Waals surface area (Å²) in [6, 6.07) is 10.0. The molecule has 0 unspecified atom stereocenters. The summed E-state index contributed by atoms with van der Waals surface area (Å²) in [7, 11) is -1.94. The lowest BCUT2D eigenvalue weighted by Gasteiger charge is -2.35. The van der Waals surface area contributed by atoms with Crippen LogP contribution in [0, 0.1) is 5.82 Å². The number of piperazine rings is 1. The zero-order chi connectivity index (χ0) is 21.9. The van der Waals surface area contributed by atoms with Crippen LogP contribution in [0.15, 0.2) is 52.3 Å². The highest BCUT2D eigenvalue weighted by Crippen LogP contribution is 2.34. The van der Waals surface area contributed by atoms with Crippen LogP contribution in [0.1, 0.15) is 20.3 Å². The Kier molecular flexibility index (Phi) is 6.77. The van der Waals surface area contributed by atoms with Gasteiger partial charge >= 0.3 is 0 Å². The molecule has 1 fully saturated rings. The third kappa shape index (κ3) is 4.65. The van der Waals surface area contributed by atoms with Crippen LogP contribution < -0.4 is 9.80 Å². The molecule has 0 N–H and O–H groups in total. The van der Waals surface area contributed by atoms with Gasteiger partial charge in [0.25, 0.3) is 0 Å². The largest absolute Gasteiger partial charge is 0.369 e. The lowest BCUT2D eigenvalue weighted by molar-refractivity contribution is -0.116. The van der Waals surface area contributed by atoms with E-state index in [1.165, 1.54) is 36.1 Å². The number of halogens is 1. The van der Waals surface area contributed by atoms with E-state index < -0.39 is 15.7 Å². The fourth-order valence-corrected chi connectivity index (χ4v) is 5.11. The minimum absolute atomic E-state index is 0.00891. The number of nitrogens with zero attached hydrogens (tertiary/aromatic N) is 3. The van der Waals surface area contributed by atoms with Crippen molar-refractivity contribution in [2.45, 2.75) is 30.1 Å². The summed E-state index contributed by atoms with van der Waals surface area (Å²) in [5.74, 6) is -0.855. The first-order valence-corrected chi connectivity index (χ1v) is 11.6. The molecule has 1 aliphatic heterocycles. The Balaban J connectivity index is 2.13. The Morgan fingerprint density at radius 2 is 1.80 bits per heavy atom. The van der Waals surface area contributed by atoms with Crippen molar-refractivity contribution in [3.63, 3.8) is 0 Å². The van der Waals surface area contributed by atoms with E-state index >= 15 is 0 Å². The van der Waals surface area contributed by atoms with Gasteiger partial charge < -0.3 is 14.7 Å². The number of sulfone groups is 1. The zero-order valence-corrected chi connectivity index (χ0v) is 18.5. The summed E-state index contributed by atoms with van der Waals surface area (Å²) in [5, 5.41) is 0. The van der Waals surface area contributed by atoms with Crippen LogP contribution >= 0.6 is 0 Å². The SMILES string of the molecule is CCCN(C(C)=O)c1cc(N2CCN(C)CC2)ccc1S(=O)(=O)c1cccc(F)c1. The minimum atomic E-state index is -4.01. The van der Waals surface area contributed by atoms with Gasteiger partial charge in [-0.15, -0.1) is 0 Å². The van der Waals surface area contributed by atoms with Gasteiger partial charge in [0.2, 0.25) is 15.7 Å². The van der Waals surface area contributed by atoms with Crippen molar-refractivity contribution >= 4 is 27.1 Å². The molecule has 2 aromatic rings. The van der Waals surface area contributed by atoms with Crippen molar-refractivity contribution < 1.29 is 17.6 Å². The van der Waals surface area contributed by atoms with Gasteiger partial charge in [0.15, 0.2) is 0 Å². The van der Waals surface area contributed by atoms with E-state index in [4.69, 9.17) is 0 Å². The molecule has 0 radical (unpaired) electrons. The van der Waals surface area contributed by atoms with Crippen LogP contribution in [-0.2, 0) is 14.6 Å². The first-order valence-electron chi connectivity index (χ1n) is 10.1. The normalized spacial score (nSPS) is 15.3. The van der Waals surface area contributed by atoms with Gasteiger partial charge in [-0.05, 0) is 49.9 Å². The second-order valence-corrected chi connectivity index (χ2v) is 9.49. The Bertz CT molecular complexity index is 1020. The molecule has 30 heavy (non-hydrogen) atoms. The van der Waals surface area contributed by atoms with E-state index in [2.05, 4.69) is 16.8 Å². The smallest absolute Gasteiger partial charge is 0.223 e. The number of carbonyl (C=O) groups is 1. The van der Waals surface area contributed by atoms with E-state index in [0.29, 0.717) is 18.7 Å². The molecule has 1 heterocycles. The van der Waals surface area contributed by atoms with Crippen LogP contribution in [0.25, 0.3) is 0 Å². The van der Waals surface area contributed by atoms with Crippen LogP contribution in [0.4, 0.5) is 15.8 Å². The van der Waals surface area contributed by atoms with E-state index in [-0.39, 0.29) is 15.7 Å². The number of hydrogen-bond donors (Lipinski definition) is 0. The Morgan fingerprint density at radius 3 is 2.40 bits per heavy atom. The van der Waals surface area contributed by atoms with E-state index in [9.17, 15) is 17.6 Å². The molecule has 0 atom stereocenters. The van der Waals surface area contributed by atoms with Crippen LogP contribution in [-0.4, -0.2) is 59.0 Å². The Hall–Kier alpha value is -2.45. The van der Waals surface area contributed by atoms with Crippen molar-refractivity contribution in [3.8, 4) is 0 Å². The summed E-state index contributed by atoms with van der Waals surface area (Å²) in [4.78, 5) is 18.2. The second kappa shape index (κ2) is 9.14. The monoisotopic (exact) mass is 433 g/mol. The quantitative estimate of drug-likeness (QED) is 0.700. The molecule has 0 aromatic heterocycles. The molecule has 0 aliphatic carbocycles. The topological polar surface area (TPSA) is 60.9 Å². The third-order valence-electron chi connectivity index (χ3n) is 5.32. The predicted octanol–water partition coefficient (Wildman–Crippen LogP) is 3.17. The summed E-state index contributed by atoms with van der Waals surface area (Å²) in [6.07, 6.45) is 0.678. The first kappa shape index (κ1) is 22.2. The van der Waals surface area contributed by atoms with E-state index in [1.54, 1.807) is 12.1 Å².